The summed E-state index contributed by atoms with van der Waals surface area (Å²) in [5.41, 5.74) is 0. The van der Waals surface area contributed by atoms with E-state index < -0.39 is 78.9 Å². The van der Waals surface area contributed by atoms with Crippen LogP contribution in [0.2, 0.25) is 0 Å². The van der Waals surface area contributed by atoms with E-state index in [1.54, 1.807) is 0 Å². The maximum absolute atomic E-state index is 13.1. The zero-order valence-corrected chi connectivity index (χ0v) is 62.3. The Morgan fingerprint density at radius 2 is 0.596 bits per heavy atom. The molecule has 0 amide bonds. The Hall–Kier alpha value is -2.04. The Kier molecular flexibility index (Phi) is 69.3. The molecule has 17 nitrogen and oxygen atoms in total. The third-order valence-corrected chi connectivity index (χ3v) is 19.2. The second-order valence-electron chi connectivity index (χ2n) is 26.6. The average Bonchev–Trinajstić information content (AvgIpc) is 1.83. The number of aliphatic hydroxyl groups is 1. The van der Waals surface area contributed by atoms with E-state index >= 15 is 0 Å². The second-order valence-corrected chi connectivity index (χ2v) is 29.5. The van der Waals surface area contributed by atoms with Crippen molar-refractivity contribution in [2.24, 2.45) is 0 Å². The number of unbranched alkanes of at least 4 members (excludes halogenated alkanes) is 48. The lowest BCUT2D eigenvalue weighted by Gasteiger charge is -2.21. The van der Waals surface area contributed by atoms with Gasteiger partial charge in [-0.3, -0.25) is 32.5 Å². The van der Waals surface area contributed by atoms with Crippen LogP contribution in [0.1, 0.15) is 380 Å². The van der Waals surface area contributed by atoms with E-state index in [4.69, 9.17) is 37.0 Å². The van der Waals surface area contributed by atoms with Gasteiger partial charge in [0.2, 0.25) is 0 Å². The molecule has 3 N–H and O–H groups in total. The monoisotopic (exact) mass is 1380 g/mol. The van der Waals surface area contributed by atoms with Crippen LogP contribution in [0.25, 0.3) is 0 Å². The Morgan fingerprint density at radius 3 is 0.936 bits per heavy atom. The molecule has 0 bridgehead atoms. The van der Waals surface area contributed by atoms with E-state index in [1.165, 1.54) is 193 Å². The molecule has 0 fully saturated rings. The summed E-state index contributed by atoms with van der Waals surface area (Å²) in [5, 5.41) is 10.6. The molecule has 0 spiro atoms. The fraction of sp³-hybridized carbons (Fsp3) is 0.920. The van der Waals surface area contributed by atoms with Crippen LogP contribution in [-0.2, 0) is 65.4 Å². The zero-order chi connectivity index (χ0) is 68.8. The first kappa shape index (κ1) is 92.0. The summed E-state index contributed by atoms with van der Waals surface area (Å²) in [4.78, 5) is 70.3. The number of rotatable bonds is 77. The van der Waals surface area contributed by atoms with Crippen molar-refractivity contribution in [3.05, 3.63) is 12.2 Å². The number of hydrogen-bond donors (Lipinski definition) is 3. The number of carbonyl (C=O) groups excluding carboxylic acids is 4. The van der Waals surface area contributed by atoms with Gasteiger partial charge in [0.1, 0.15) is 31.7 Å². The minimum atomic E-state index is -4.92. The van der Waals surface area contributed by atoms with Gasteiger partial charge in [-0.1, -0.05) is 309 Å². The largest absolute Gasteiger partial charge is 0.472 e. The predicted molar refractivity (Wildman–Crippen MR) is 382 cm³/mol. The van der Waals surface area contributed by atoms with Crippen LogP contribution in [0, 0.1) is 0 Å². The maximum atomic E-state index is 13.1. The highest BCUT2D eigenvalue weighted by Crippen LogP contribution is 2.45. The quantitative estimate of drug-likeness (QED) is 0.0128. The predicted octanol–water partition coefficient (Wildman–Crippen LogP) is 21.7. The molecule has 19 heteroatoms. The minimum Gasteiger partial charge on any atom is -0.463 e. The molecular weight excluding hydrogens is 1230 g/mol. The molecule has 0 aliphatic rings. The molecule has 0 radical (unpaired) electrons. The molecule has 0 aromatic rings. The number of ether oxygens (including phenoxy) is 4. The molecule has 5 atom stereocenters. The van der Waals surface area contributed by atoms with E-state index in [0.29, 0.717) is 32.3 Å². The summed E-state index contributed by atoms with van der Waals surface area (Å²) in [5.74, 6) is -1.42. The Bertz CT molecular complexity index is 1810. The number of hydrogen-bond acceptors (Lipinski definition) is 15. The highest BCUT2D eigenvalue weighted by molar-refractivity contribution is 7.47. The Labute approximate surface area is 574 Å². The first-order valence-electron chi connectivity index (χ1n) is 38.9. The van der Waals surface area contributed by atoms with Gasteiger partial charge in [0, 0.05) is 32.3 Å². The van der Waals surface area contributed by atoms with E-state index in [-0.39, 0.29) is 31.8 Å². The van der Waals surface area contributed by atoms with Crippen molar-refractivity contribution in [1.82, 2.24) is 0 Å². The maximum Gasteiger partial charge on any atom is 0.472 e. The van der Waals surface area contributed by atoms with Crippen LogP contribution in [0.4, 0.5) is 0 Å². The van der Waals surface area contributed by atoms with Crippen molar-refractivity contribution in [1.29, 1.82) is 0 Å². The number of carbonyl (C=O) groups is 4. The van der Waals surface area contributed by atoms with Gasteiger partial charge < -0.3 is 38.6 Å². The Morgan fingerprint density at radius 1 is 0.330 bits per heavy atom. The summed E-state index contributed by atoms with van der Waals surface area (Å²) >= 11 is 0. The van der Waals surface area contributed by atoms with Crippen LogP contribution in [0.3, 0.4) is 0 Å². The molecule has 0 aromatic carbocycles. The van der Waals surface area contributed by atoms with Gasteiger partial charge >= 0.3 is 33.6 Å². The fourth-order valence-corrected chi connectivity index (χ4v) is 12.9. The number of phosphoric ester groups is 2. The highest BCUT2D eigenvalue weighted by atomic mass is 31.2. The van der Waals surface area contributed by atoms with Crippen molar-refractivity contribution < 1.29 is 80.2 Å². The van der Waals surface area contributed by atoms with E-state index in [0.717, 1.165) is 128 Å². The average molecular weight is 1380 g/mol. The van der Waals surface area contributed by atoms with Gasteiger partial charge in [0.15, 0.2) is 6.10 Å². The van der Waals surface area contributed by atoms with Crippen molar-refractivity contribution in [3.63, 3.8) is 0 Å². The highest BCUT2D eigenvalue weighted by Gasteiger charge is 2.30. The smallest absolute Gasteiger partial charge is 0.463 e. The lowest BCUT2D eigenvalue weighted by Crippen LogP contribution is -2.30. The first-order valence-corrected chi connectivity index (χ1v) is 41.9. The summed E-state index contributed by atoms with van der Waals surface area (Å²) in [6.07, 6.45) is 62.6. The standard InChI is InChI=1S/C75H144O17P2/c1-4-7-10-13-16-19-22-29-34-39-44-49-54-59-73(78)86-66-71(85-63-58-53-48-43-38-33-28-26-25-27-32-37-42-47-52-57-62-76)68-90-93(81,82)88-64-70(77)65-89-94(83,84)91-69-72(92-75(80)61-56-51-46-41-36-31-24-21-18-15-12-9-6-3)67-87-74(79)60-55-50-45-40-35-30-23-20-17-14-11-8-5-2/h25,27,62,70-72,77H,4-24,26,28-61,63-69H2,1-3H3,(H,81,82)(H,83,84)/b27-25-/t70-,71-,72-/m1/s1. The third-order valence-electron chi connectivity index (χ3n) is 17.3. The SMILES string of the molecule is CCCCCCCCCCCCCCCC(=O)OC[C@H](COP(=O)(O)OC[C@@H](O)COP(=O)(O)OC[C@@H](COC(=O)CCCCCCCCCCCCCCC)OC(=O)CCCCCCCCCCCCCCC)OCCCCCCCCC/C=C\CCCCCCC=O. The van der Waals surface area contributed by atoms with E-state index in [1.807, 2.05) is 0 Å². The molecule has 0 saturated heterocycles. The number of aliphatic hydroxyl groups excluding tert-OH is 1. The molecule has 94 heavy (non-hydrogen) atoms. The minimum absolute atomic E-state index is 0.119. The lowest BCUT2D eigenvalue weighted by atomic mass is 10.0. The number of aldehydes is 1. The number of phosphoric acid groups is 2. The summed E-state index contributed by atoms with van der Waals surface area (Å²) < 4.78 is 69.2. The second kappa shape index (κ2) is 70.8. The first-order chi connectivity index (χ1) is 45.8. The van der Waals surface area contributed by atoms with Crippen LogP contribution in [0.5, 0.6) is 0 Å². The van der Waals surface area contributed by atoms with Crippen LogP contribution in [0.15, 0.2) is 12.2 Å². The van der Waals surface area contributed by atoms with Crippen LogP contribution in [-0.4, -0.2) is 104 Å². The molecule has 0 heterocycles. The Balaban J connectivity index is 5.20. The molecule has 0 saturated carbocycles. The fourth-order valence-electron chi connectivity index (χ4n) is 11.3. The molecule has 0 aliphatic carbocycles. The molecule has 556 valence electrons. The molecule has 2 unspecified atom stereocenters. The number of allylic oxidation sites excluding steroid dienone is 2. The topological polar surface area (TPSA) is 237 Å². The van der Waals surface area contributed by atoms with Gasteiger partial charge in [0.25, 0.3) is 0 Å². The van der Waals surface area contributed by atoms with Crippen molar-refractivity contribution >= 4 is 39.8 Å². The normalized spacial score (nSPS) is 14.0. The van der Waals surface area contributed by atoms with Crippen LogP contribution >= 0.6 is 15.6 Å². The van der Waals surface area contributed by atoms with Gasteiger partial charge in [-0.2, -0.15) is 0 Å². The van der Waals surface area contributed by atoms with Gasteiger partial charge in [-0.25, -0.2) is 9.13 Å². The van der Waals surface area contributed by atoms with Gasteiger partial charge in [0.05, 0.1) is 26.4 Å². The van der Waals surface area contributed by atoms with Gasteiger partial charge in [-0.15, -0.1) is 0 Å². The van der Waals surface area contributed by atoms with Gasteiger partial charge in [-0.05, 0) is 57.8 Å². The molecule has 0 aliphatic heterocycles. The molecule has 0 aromatic heterocycles. The molecule has 0 rings (SSSR count). The molecular formula is C75H144O17P2. The van der Waals surface area contributed by atoms with Crippen molar-refractivity contribution in [2.75, 3.05) is 46.2 Å². The summed E-state index contributed by atoms with van der Waals surface area (Å²) in [7, 11) is -9.76. The zero-order valence-electron chi connectivity index (χ0n) is 60.5. The third kappa shape index (κ3) is 69.8. The van der Waals surface area contributed by atoms with Crippen molar-refractivity contribution in [2.45, 2.75) is 399 Å². The van der Waals surface area contributed by atoms with Crippen LogP contribution < -0.4 is 0 Å². The van der Waals surface area contributed by atoms with E-state index in [9.17, 15) is 43.2 Å². The summed E-state index contributed by atoms with van der Waals surface area (Å²) in [6.45, 7) is 3.64. The summed E-state index contributed by atoms with van der Waals surface area (Å²) in [6, 6.07) is 0. The van der Waals surface area contributed by atoms with Crippen molar-refractivity contribution in [3.8, 4) is 0 Å². The lowest BCUT2D eigenvalue weighted by molar-refractivity contribution is -0.161. The van der Waals surface area contributed by atoms with E-state index in [2.05, 4.69) is 32.9 Å². The number of esters is 3.